The third kappa shape index (κ3) is 5.71. The highest BCUT2D eigenvalue weighted by Crippen LogP contribution is 1.82. The van der Waals surface area contributed by atoms with Gasteiger partial charge in [-0.15, -0.1) is 6.42 Å². The van der Waals surface area contributed by atoms with Crippen LogP contribution in [0.4, 0.5) is 0 Å². The van der Waals surface area contributed by atoms with Crippen molar-refractivity contribution >= 4 is 5.91 Å². The van der Waals surface area contributed by atoms with E-state index in [0.29, 0.717) is 0 Å². The molecule has 68 valence electrons. The zero-order valence-corrected chi connectivity index (χ0v) is 7.04. The molecule has 0 radical (unpaired) electrons. The highest BCUT2D eigenvalue weighted by molar-refractivity contribution is 5.78. The monoisotopic (exact) mass is 171 g/mol. The van der Waals surface area contributed by atoms with Crippen molar-refractivity contribution in [3.8, 4) is 12.3 Å². The number of amides is 1. The molecule has 0 aromatic carbocycles. The summed E-state index contributed by atoms with van der Waals surface area (Å²) in [6.07, 6.45) is 4.27. The molecule has 1 amide bonds. The van der Waals surface area contributed by atoms with E-state index in [0.717, 1.165) is 0 Å². The first-order valence-electron chi connectivity index (χ1n) is 3.58. The summed E-state index contributed by atoms with van der Waals surface area (Å²) < 4.78 is 4.65. The average molecular weight is 171 g/mol. The van der Waals surface area contributed by atoms with Gasteiger partial charge in [-0.25, -0.2) is 0 Å². The third-order valence-corrected chi connectivity index (χ3v) is 1.16. The number of carbonyl (C=O) groups is 1. The molecule has 1 unspecified atom stereocenters. The van der Waals surface area contributed by atoms with E-state index in [1.165, 1.54) is 7.11 Å². The van der Waals surface area contributed by atoms with Gasteiger partial charge in [-0.05, 0) is 0 Å². The molecule has 0 fully saturated rings. The molecule has 0 bridgehead atoms. The zero-order chi connectivity index (χ0) is 9.40. The molecular formula is C8H13NO3. The molecule has 4 heteroatoms. The van der Waals surface area contributed by atoms with Gasteiger partial charge < -0.3 is 15.2 Å². The fourth-order valence-electron chi connectivity index (χ4n) is 0.638. The number of rotatable bonds is 5. The van der Waals surface area contributed by atoms with Crippen LogP contribution in [-0.4, -0.2) is 37.4 Å². The Morgan fingerprint density at radius 1 is 1.83 bits per heavy atom. The fourth-order valence-corrected chi connectivity index (χ4v) is 0.638. The van der Waals surface area contributed by atoms with Crippen LogP contribution in [0.15, 0.2) is 0 Å². The molecule has 0 saturated carbocycles. The van der Waals surface area contributed by atoms with Crippen molar-refractivity contribution < 1.29 is 14.6 Å². The number of aliphatic hydroxyl groups is 1. The zero-order valence-electron chi connectivity index (χ0n) is 7.04. The Bertz CT molecular complexity index is 174. The fraction of sp³-hybridized carbons (Fsp3) is 0.625. The normalized spacial score (nSPS) is 11.8. The van der Waals surface area contributed by atoms with Gasteiger partial charge in [0.25, 0.3) is 0 Å². The van der Waals surface area contributed by atoms with E-state index < -0.39 is 6.10 Å². The second-order valence-electron chi connectivity index (χ2n) is 2.29. The van der Waals surface area contributed by atoms with E-state index >= 15 is 0 Å². The van der Waals surface area contributed by atoms with Gasteiger partial charge in [-0.1, -0.05) is 5.92 Å². The van der Waals surface area contributed by atoms with Crippen molar-refractivity contribution in [2.24, 2.45) is 0 Å². The Labute approximate surface area is 71.9 Å². The van der Waals surface area contributed by atoms with Crippen molar-refractivity contribution in [1.82, 2.24) is 5.32 Å². The summed E-state index contributed by atoms with van der Waals surface area (Å²) in [5.41, 5.74) is 0. The molecule has 0 spiro atoms. The lowest BCUT2D eigenvalue weighted by atomic mass is 10.3. The van der Waals surface area contributed by atoms with Gasteiger partial charge in [-0.3, -0.25) is 4.79 Å². The Morgan fingerprint density at radius 3 is 3.00 bits per heavy atom. The van der Waals surface area contributed by atoms with Crippen LogP contribution < -0.4 is 5.32 Å². The SMILES string of the molecule is C#CCC(=O)NCC(O)COC. The number of carbonyl (C=O) groups excluding carboxylic acids is 1. The minimum absolute atomic E-state index is 0.0414. The standard InChI is InChI=1S/C8H13NO3/c1-3-4-8(11)9-5-7(10)6-12-2/h1,7,10H,4-6H2,2H3,(H,9,11). The Kier molecular flexibility index (Phi) is 6.07. The summed E-state index contributed by atoms with van der Waals surface area (Å²) in [4.78, 5) is 10.7. The molecule has 0 rings (SSSR count). The van der Waals surface area contributed by atoms with Gasteiger partial charge >= 0.3 is 0 Å². The first-order chi connectivity index (χ1) is 5.70. The van der Waals surface area contributed by atoms with Crippen molar-refractivity contribution in [2.75, 3.05) is 20.3 Å². The van der Waals surface area contributed by atoms with Crippen LogP contribution in [0.1, 0.15) is 6.42 Å². The van der Waals surface area contributed by atoms with Crippen molar-refractivity contribution in [3.05, 3.63) is 0 Å². The predicted molar refractivity (Wildman–Crippen MR) is 44.3 cm³/mol. The van der Waals surface area contributed by atoms with Crippen LogP contribution in [0.3, 0.4) is 0 Å². The maximum atomic E-state index is 10.7. The average Bonchev–Trinajstić information content (AvgIpc) is 2.02. The van der Waals surface area contributed by atoms with Crippen LogP contribution in [0.25, 0.3) is 0 Å². The molecule has 2 N–H and O–H groups in total. The quantitative estimate of drug-likeness (QED) is 0.529. The smallest absolute Gasteiger partial charge is 0.232 e. The van der Waals surface area contributed by atoms with Gasteiger partial charge in [0.2, 0.25) is 5.91 Å². The number of ether oxygens (including phenoxy) is 1. The second kappa shape index (κ2) is 6.65. The summed E-state index contributed by atoms with van der Waals surface area (Å²) in [5.74, 6) is 1.94. The van der Waals surface area contributed by atoms with E-state index in [4.69, 9.17) is 11.5 Å². The summed E-state index contributed by atoms with van der Waals surface area (Å²) in [7, 11) is 1.48. The third-order valence-electron chi connectivity index (χ3n) is 1.16. The number of hydrogen-bond donors (Lipinski definition) is 2. The van der Waals surface area contributed by atoms with Gasteiger partial charge in [0.1, 0.15) is 0 Å². The van der Waals surface area contributed by atoms with Gasteiger partial charge in [0.15, 0.2) is 0 Å². The summed E-state index contributed by atoms with van der Waals surface area (Å²) in [6, 6.07) is 0. The van der Waals surface area contributed by atoms with E-state index in [2.05, 4.69) is 16.0 Å². The molecule has 12 heavy (non-hydrogen) atoms. The number of terminal acetylenes is 1. The first-order valence-corrected chi connectivity index (χ1v) is 3.58. The van der Waals surface area contributed by atoms with Gasteiger partial charge in [-0.2, -0.15) is 0 Å². The highest BCUT2D eigenvalue weighted by Gasteiger charge is 2.04. The van der Waals surface area contributed by atoms with E-state index in [1.54, 1.807) is 0 Å². The molecule has 0 saturated heterocycles. The van der Waals surface area contributed by atoms with Crippen LogP contribution in [0.2, 0.25) is 0 Å². The lowest BCUT2D eigenvalue weighted by molar-refractivity contribution is -0.120. The molecule has 0 aromatic heterocycles. The molecule has 0 heterocycles. The Hall–Kier alpha value is -1.05. The molecule has 4 nitrogen and oxygen atoms in total. The van der Waals surface area contributed by atoms with Crippen molar-refractivity contribution in [1.29, 1.82) is 0 Å². The molecule has 0 aliphatic carbocycles. The van der Waals surface area contributed by atoms with Crippen LogP contribution in [-0.2, 0) is 9.53 Å². The number of methoxy groups -OCH3 is 1. The topological polar surface area (TPSA) is 58.6 Å². The summed E-state index contributed by atoms with van der Waals surface area (Å²) in [5, 5.41) is 11.5. The summed E-state index contributed by atoms with van der Waals surface area (Å²) in [6.45, 7) is 0.380. The maximum absolute atomic E-state index is 10.7. The van der Waals surface area contributed by atoms with E-state index in [1.807, 2.05) is 0 Å². The highest BCUT2D eigenvalue weighted by atomic mass is 16.5. The minimum Gasteiger partial charge on any atom is -0.389 e. The number of nitrogens with one attached hydrogen (secondary N) is 1. The molecule has 0 aliphatic rings. The molecule has 0 aliphatic heterocycles. The van der Waals surface area contributed by atoms with E-state index in [-0.39, 0.29) is 25.5 Å². The van der Waals surface area contributed by atoms with Gasteiger partial charge in [0.05, 0.1) is 19.1 Å². The molecule has 1 atom stereocenters. The van der Waals surface area contributed by atoms with E-state index in [9.17, 15) is 4.79 Å². The maximum Gasteiger partial charge on any atom is 0.232 e. The first kappa shape index (κ1) is 11.0. The van der Waals surface area contributed by atoms with Gasteiger partial charge in [0, 0.05) is 13.7 Å². The van der Waals surface area contributed by atoms with Crippen LogP contribution in [0, 0.1) is 12.3 Å². The number of hydrogen-bond acceptors (Lipinski definition) is 3. The van der Waals surface area contributed by atoms with Crippen LogP contribution >= 0.6 is 0 Å². The van der Waals surface area contributed by atoms with Crippen molar-refractivity contribution in [2.45, 2.75) is 12.5 Å². The lowest BCUT2D eigenvalue weighted by Crippen LogP contribution is -2.33. The predicted octanol–water partition coefficient (Wildman–Crippen LogP) is -0.867. The molecule has 0 aromatic rings. The summed E-state index contributed by atoms with van der Waals surface area (Å²) >= 11 is 0. The van der Waals surface area contributed by atoms with Crippen molar-refractivity contribution in [3.63, 3.8) is 0 Å². The largest absolute Gasteiger partial charge is 0.389 e. The number of aliphatic hydroxyl groups excluding tert-OH is 1. The minimum atomic E-state index is -0.670. The second-order valence-corrected chi connectivity index (χ2v) is 2.29. The Morgan fingerprint density at radius 2 is 2.50 bits per heavy atom. The Balaban J connectivity index is 3.41. The van der Waals surface area contributed by atoms with Crippen LogP contribution in [0.5, 0.6) is 0 Å². The molecular weight excluding hydrogens is 158 g/mol. The lowest BCUT2D eigenvalue weighted by Gasteiger charge is -2.09.